The van der Waals surface area contributed by atoms with Gasteiger partial charge in [0.25, 0.3) is 0 Å². The zero-order valence-electron chi connectivity index (χ0n) is 12.6. The van der Waals surface area contributed by atoms with Gasteiger partial charge in [0.2, 0.25) is 0 Å². The van der Waals surface area contributed by atoms with E-state index in [4.69, 9.17) is 9.47 Å². The first-order valence-corrected chi connectivity index (χ1v) is 7.94. The van der Waals surface area contributed by atoms with Crippen LogP contribution in [0.25, 0.3) is 0 Å². The molecule has 0 aliphatic heterocycles. The van der Waals surface area contributed by atoms with Crippen LogP contribution >= 0.6 is 11.3 Å². The van der Waals surface area contributed by atoms with Gasteiger partial charge in [-0.05, 0) is 37.5 Å². The maximum atomic E-state index is 9.59. The lowest BCUT2D eigenvalue weighted by Crippen LogP contribution is -2.00. The average molecular weight is 307 g/mol. The molecule has 2 aromatic rings. The predicted molar refractivity (Wildman–Crippen MR) is 84.1 cm³/mol. The molecular formula is C16H21NO3S. The zero-order chi connectivity index (χ0) is 15.2. The molecule has 0 amide bonds. The monoisotopic (exact) mass is 307 g/mol. The molecule has 5 heteroatoms. The molecule has 0 unspecified atom stereocenters. The van der Waals surface area contributed by atoms with Gasteiger partial charge in [0, 0.05) is 5.38 Å². The van der Waals surface area contributed by atoms with Crippen molar-refractivity contribution in [3.8, 4) is 11.5 Å². The van der Waals surface area contributed by atoms with Gasteiger partial charge in [-0.15, -0.1) is 11.3 Å². The second-order valence-electron chi connectivity index (χ2n) is 4.86. The number of thiazole rings is 1. The first-order chi connectivity index (χ1) is 10.1. The second kappa shape index (κ2) is 7.43. The Morgan fingerprint density at radius 1 is 1.33 bits per heavy atom. The molecule has 2 rings (SSSR count). The number of nitrogens with zero attached hydrogens (tertiary/aromatic N) is 1. The van der Waals surface area contributed by atoms with Crippen LogP contribution in [0.2, 0.25) is 0 Å². The van der Waals surface area contributed by atoms with Crippen LogP contribution in [0.1, 0.15) is 42.6 Å². The van der Waals surface area contributed by atoms with Crippen molar-refractivity contribution in [2.24, 2.45) is 0 Å². The normalized spacial score (nSPS) is 12.2. The summed E-state index contributed by atoms with van der Waals surface area (Å²) in [5, 5.41) is 12.8. The van der Waals surface area contributed by atoms with Crippen molar-refractivity contribution >= 4 is 11.3 Å². The number of methoxy groups -OCH3 is 1. The van der Waals surface area contributed by atoms with Crippen LogP contribution in [0.3, 0.4) is 0 Å². The van der Waals surface area contributed by atoms with E-state index in [-0.39, 0.29) is 0 Å². The third kappa shape index (κ3) is 4.19. The smallest absolute Gasteiger partial charge is 0.161 e. The molecule has 0 radical (unpaired) electrons. The maximum Gasteiger partial charge on any atom is 0.161 e. The van der Waals surface area contributed by atoms with Crippen molar-refractivity contribution < 1.29 is 14.6 Å². The van der Waals surface area contributed by atoms with Crippen molar-refractivity contribution in [1.29, 1.82) is 0 Å². The highest BCUT2D eigenvalue weighted by atomic mass is 32.1. The van der Waals surface area contributed by atoms with Gasteiger partial charge in [0.1, 0.15) is 6.61 Å². The molecule has 0 saturated heterocycles. The Morgan fingerprint density at radius 2 is 2.14 bits per heavy atom. The number of rotatable bonds is 7. The molecule has 1 atom stereocenters. The fraction of sp³-hybridized carbons (Fsp3) is 0.438. The lowest BCUT2D eigenvalue weighted by molar-refractivity contribution is 0.198. The van der Waals surface area contributed by atoms with Gasteiger partial charge in [0.05, 0.1) is 23.9 Å². The van der Waals surface area contributed by atoms with Crippen molar-refractivity contribution in [3.05, 3.63) is 39.8 Å². The van der Waals surface area contributed by atoms with Crippen LogP contribution in [-0.4, -0.2) is 17.2 Å². The van der Waals surface area contributed by atoms with Gasteiger partial charge in [-0.3, -0.25) is 0 Å². The summed E-state index contributed by atoms with van der Waals surface area (Å²) in [6.07, 6.45) is 1.59. The number of aromatic nitrogens is 1. The molecule has 0 fully saturated rings. The van der Waals surface area contributed by atoms with Crippen molar-refractivity contribution in [2.75, 3.05) is 7.11 Å². The average Bonchev–Trinajstić information content (AvgIpc) is 2.93. The van der Waals surface area contributed by atoms with Crippen LogP contribution < -0.4 is 9.47 Å². The van der Waals surface area contributed by atoms with Crippen molar-refractivity contribution in [3.63, 3.8) is 0 Å². The summed E-state index contributed by atoms with van der Waals surface area (Å²) >= 11 is 1.67. The van der Waals surface area contributed by atoms with E-state index in [2.05, 4.69) is 11.9 Å². The van der Waals surface area contributed by atoms with Crippen LogP contribution in [0.4, 0.5) is 0 Å². The van der Waals surface area contributed by atoms with Crippen LogP contribution in [0.5, 0.6) is 11.5 Å². The Bertz CT molecular complexity index is 581. The molecule has 114 valence electrons. The Balaban J connectivity index is 2.04. The van der Waals surface area contributed by atoms with Gasteiger partial charge >= 0.3 is 0 Å². The third-order valence-electron chi connectivity index (χ3n) is 3.11. The van der Waals surface area contributed by atoms with E-state index in [1.807, 2.05) is 17.5 Å². The summed E-state index contributed by atoms with van der Waals surface area (Å²) in [5.74, 6) is 1.28. The number of benzene rings is 1. The van der Waals surface area contributed by atoms with E-state index >= 15 is 0 Å². The van der Waals surface area contributed by atoms with Crippen molar-refractivity contribution in [2.45, 2.75) is 39.4 Å². The molecule has 0 bridgehead atoms. The van der Waals surface area contributed by atoms with Gasteiger partial charge < -0.3 is 14.6 Å². The van der Waals surface area contributed by atoms with E-state index in [1.54, 1.807) is 31.4 Å². The van der Waals surface area contributed by atoms with E-state index in [0.717, 1.165) is 29.1 Å². The number of ether oxygens (including phenoxy) is 2. The molecule has 0 aliphatic rings. The fourth-order valence-corrected chi connectivity index (χ4v) is 2.84. The Hall–Kier alpha value is -1.59. The second-order valence-corrected chi connectivity index (χ2v) is 5.80. The molecule has 1 aromatic heterocycles. The predicted octanol–water partition coefficient (Wildman–Crippen LogP) is 3.74. The molecule has 1 N–H and O–H groups in total. The molecular weight excluding hydrogens is 286 g/mol. The number of aliphatic hydroxyl groups excluding tert-OH is 1. The minimum atomic E-state index is -0.525. The molecule has 0 spiro atoms. The first-order valence-electron chi connectivity index (χ1n) is 7.06. The summed E-state index contributed by atoms with van der Waals surface area (Å²) in [7, 11) is 1.59. The molecule has 21 heavy (non-hydrogen) atoms. The topological polar surface area (TPSA) is 51.6 Å². The zero-order valence-corrected chi connectivity index (χ0v) is 13.4. The van der Waals surface area contributed by atoms with Gasteiger partial charge in [-0.1, -0.05) is 13.0 Å². The van der Waals surface area contributed by atoms with Crippen LogP contribution in [-0.2, 0) is 13.0 Å². The minimum absolute atomic E-state index is 0.421. The highest BCUT2D eigenvalue weighted by molar-refractivity contribution is 7.09. The summed E-state index contributed by atoms with van der Waals surface area (Å²) < 4.78 is 11.1. The van der Waals surface area contributed by atoms with E-state index in [1.165, 1.54) is 0 Å². The standard InChI is InChI=1S/C16H21NO3S/c1-4-5-16-17-13(10-21-16)9-20-14-7-6-12(11(2)18)8-15(14)19-3/h6-8,10-11,18H,4-5,9H2,1-3H3/t11-/m1/s1. The SMILES string of the molecule is CCCc1nc(COc2ccc([C@@H](C)O)cc2OC)cs1. The molecule has 0 saturated carbocycles. The summed E-state index contributed by atoms with van der Waals surface area (Å²) in [6.45, 7) is 4.29. The van der Waals surface area contributed by atoms with Gasteiger partial charge in [-0.2, -0.15) is 0 Å². The Kier molecular flexibility index (Phi) is 5.59. The third-order valence-corrected chi connectivity index (χ3v) is 4.07. The van der Waals surface area contributed by atoms with E-state index in [9.17, 15) is 5.11 Å². The quantitative estimate of drug-likeness (QED) is 0.846. The van der Waals surface area contributed by atoms with Gasteiger partial charge in [-0.25, -0.2) is 4.98 Å². The summed E-state index contributed by atoms with van der Waals surface area (Å²) in [6, 6.07) is 5.45. The minimum Gasteiger partial charge on any atom is -0.493 e. The fourth-order valence-electron chi connectivity index (χ4n) is 1.96. The lowest BCUT2D eigenvalue weighted by atomic mass is 10.1. The molecule has 1 heterocycles. The number of aryl methyl sites for hydroxylation is 1. The lowest BCUT2D eigenvalue weighted by Gasteiger charge is -2.12. The molecule has 4 nitrogen and oxygen atoms in total. The van der Waals surface area contributed by atoms with Crippen LogP contribution in [0, 0.1) is 0 Å². The maximum absolute atomic E-state index is 9.59. The highest BCUT2D eigenvalue weighted by Crippen LogP contribution is 2.31. The van der Waals surface area contributed by atoms with Crippen molar-refractivity contribution in [1.82, 2.24) is 4.98 Å². The largest absolute Gasteiger partial charge is 0.493 e. The number of hydrogen-bond donors (Lipinski definition) is 1. The highest BCUT2D eigenvalue weighted by Gasteiger charge is 2.10. The van der Waals surface area contributed by atoms with E-state index < -0.39 is 6.10 Å². The number of hydrogen-bond acceptors (Lipinski definition) is 5. The first kappa shape index (κ1) is 15.8. The number of aliphatic hydroxyl groups is 1. The van der Waals surface area contributed by atoms with Gasteiger partial charge in [0.15, 0.2) is 11.5 Å². The summed E-state index contributed by atoms with van der Waals surface area (Å²) in [4.78, 5) is 4.53. The summed E-state index contributed by atoms with van der Waals surface area (Å²) in [5.41, 5.74) is 1.74. The molecule has 1 aromatic carbocycles. The Morgan fingerprint density at radius 3 is 2.81 bits per heavy atom. The van der Waals surface area contributed by atoms with E-state index in [0.29, 0.717) is 18.1 Å². The molecule has 0 aliphatic carbocycles. The Labute approximate surface area is 129 Å². The van der Waals surface area contributed by atoms with Crippen LogP contribution in [0.15, 0.2) is 23.6 Å².